The first kappa shape index (κ1) is 14.7. The van der Waals surface area contributed by atoms with Crippen LogP contribution in [0.3, 0.4) is 0 Å². The molecule has 0 saturated heterocycles. The van der Waals surface area contributed by atoms with Crippen LogP contribution in [-0.2, 0) is 6.54 Å². The second-order valence-electron chi connectivity index (χ2n) is 5.16. The highest BCUT2D eigenvalue weighted by atomic mass is 32.1. The molecule has 0 saturated carbocycles. The van der Waals surface area contributed by atoms with Gasteiger partial charge in [-0.25, -0.2) is 0 Å². The van der Waals surface area contributed by atoms with Gasteiger partial charge in [-0.1, -0.05) is 12.1 Å². The Labute approximate surface area is 123 Å². The zero-order chi connectivity index (χ0) is 13.8. The highest BCUT2D eigenvalue weighted by Crippen LogP contribution is 2.31. The van der Waals surface area contributed by atoms with Crippen LogP contribution < -0.4 is 5.73 Å². The first-order valence-corrected chi connectivity index (χ1v) is 8.42. The van der Waals surface area contributed by atoms with E-state index in [-0.39, 0.29) is 6.04 Å². The van der Waals surface area contributed by atoms with Crippen molar-refractivity contribution in [1.29, 1.82) is 0 Å². The zero-order valence-electron chi connectivity index (χ0n) is 11.7. The van der Waals surface area contributed by atoms with Crippen LogP contribution in [0.1, 0.15) is 36.6 Å². The average molecular weight is 294 g/mol. The third-order valence-electron chi connectivity index (χ3n) is 3.27. The summed E-state index contributed by atoms with van der Waals surface area (Å²) in [5.74, 6) is 0. The van der Waals surface area contributed by atoms with Crippen molar-refractivity contribution in [1.82, 2.24) is 4.90 Å². The number of nitrogens with two attached hydrogens (primary N) is 1. The van der Waals surface area contributed by atoms with Gasteiger partial charge in [0.1, 0.15) is 0 Å². The fourth-order valence-corrected chi connectivity index (χ4v) is 4.04. The highest BCUT2D eigenvalue weighted by Gasteiger charge is 2.27. The van der Waals surface area contributed by atoms with E-state index in [1.54, 1.807) is 11.3 Å². The molecule has 2 aromatic heterocycles. The fourth-order valence-electron chi connectivity index (χ4n) is 2.37. The zero-order valence-corrected chi connectivity index (χ0v) is 13.4. The Bertz CT molecular complexity index is 460. The summed E-state index contributed by atoms with van der Waals surface area (Å²) >= 11 is 3.62. The standard InChI is InChI=1S/C15H22N2S2/c1-11(2)17(10-13-6-4-8-18-13)15(12(3)16)14-7-5-9-19-14/h4-9,11-12,15H,10,16H2,1-3H3. The molecule has 2 nitrogen and oxygen atoms in total. The molecule has 0 aliphatic heterocycles. The lowest BCUT2D eigenvalue weighted by Gasteiger charge is -2.36. The Morgan fingerprint density at radius 2 is 1.79 bits per heavy atom. The first-order valence-electron chi connectivity index (χ1n) is 6.66. The maximum absolute atomic E-state index is 6.26. The van der Waals surface area contributed by atoms with E-state index in [9.17, 15) is 0 Å². The molecule has 0 aromatic carbocycles. The van der Waals surface area contributed by atoms with E-state index in [2.05, 4.69) is 60.7 Å². The van der Waals surface area contributed by atoms with E-state index in [1.165, 1.54) is 9.75 Å². The Kier molecular flexibility index (Phi) is 5.16. The third kappa shape index (κ3) is 3.66. The quantitative estimate of drug-likeness (QED) is 0.869. The lowest BCUT2D eigenvalue weighted by Crippen LogP contribution is -2.42. The van der Waals surface area contributed by atoms with E-state index < -0.39 is 0 Å². The molecule has 19 heavy (non-hydrogen) atoms. The summed E-state index contributed by atoms with van der Waals surface area (Å²) in [6.45, 7) is 7.57. The van der Waals surface area contributed by atoms with Crippen LogP contribution in [0.25, 0.3) is 0 Å². The number of rotatable bonds is 6. The van der Waals surface area contributed by atoms with Gasteiger partial charge in [-0.3, -0.25) is 4.90 Å². The molecule has 0 amide bonds. The fraction of sp³-hybridized carbons (Fsp3) is 0.467. The van der Waals surface area contributed by atoms with E-state index in [0.29, 0.717) is 12.1 Å². The molecule has 2 unspecified atom stereocenters. The van der Waals surface area contributed by atoms with Crippen molar-refractivity contribution in [2.75, 3.05) is 0 Å². The average Bonchev–Trinajstić information content (AvgIpc) is 2.99. The molecule has 0 bridgehead atoms. The molecule has 0 aliphatic rings. The van der Waals surface area contributed by atoms with Crippen molar-refractivity contribution in [2.45, 2.75) is 45.4 Å². The first-order chi connectivity index (χ1) is 9.09. The Hall–Kier alpha value is -0.680. The summed E-state index contributed by atoms with van der Waals surface area (Å²) < 4.78 is 0. The van der Waals surface area contributed by atoms with Gasteiger partial charge < -0.3 is 5.73 Å². The van der Waals surface area contributed by atoms with E-state index in [4.69, 9.17) is 5.73 Å². The van der Waals surface area contributed by atoms with Gasteiger partial charge in [0.15, 0.2) is 0 Å². The lowest BCUT2D eigenvalue weighted by molar-refractivity contribution is 0.131. The van der Waals surface area contributed by atoms with Crippen molar-refractivity contribution in [3.63, 3.8) is 0 Å². The van der Waals surface area contributed by atoms with Gasteiger partial charge in [0.2, 0.25) is 0 Å². The van der Waals surface area contributed by atoms with Gasteiger partial charge in [0, 0.05) is 28.4 Å². The second kappa shape index (κ2) is 6.66. The van der Waals surface area contributed by atoms with Gasteiger partial charge >= 0.3 is 0 Å². The SMILES string of the molecule is CC(N)C(c1cccs1)N(Cc1cccs1)C(C)C. The van der Waals surface area contributed by atoms with Crippen molar-refractivity contribution in [3.05, 3.63) is 44.8 Å². The Balaban J connectivity index is 2.24. The minimum absolute atomic E-state index is 0.126. The van der Waals surface area contributed by atoms with Crippen LogP contribution in [0, 0.1) is 0 Å². The normalized spacial score (nSPS) is 15.1. The van der Waals surface area contributed by atoms with Gasteiger partial charge in [-0.15, -0.1) is 22.7 Å². The summed E-state index contributed by atoms with van der Waals surface area (Å²) in [7, 11) is 0. The molecule has 0 fully saturated rings. The van der Waals surface area contributed by atoms with Crippen molar-refractivity contribution < 1.29 is 0 Å². The van der Waals surface area contributed by atoms with Crippen LogP contribution in [0.4, 0.5) is 0 Å². The van der Waals surface area contributed by atoms with Crippen molar-refractivity contribution in [2.24, 2.45) is 5.73 Å². The van der Waals surface area contributed by atoms with E-state index in [0.717, 1.165) is 6.54 Å². The minimum atomic E-state index is 0.126. The number of hydrogen-bond donors (Lipinski definition) is 1. The number of thiophene rings is 2. The lowest BCUT2D eigenvalue weighted by atomic mass is 10.0. The summed E-state index contributed by atoms with van der Waals surface area (Å²) in [6, 6.07) is 9.52. The summed E-state index contributed by atoms with van der Waals surface area (Å²) in [6.07, 6.45) is 0. The van der Waals surface area contributed by atoms with E-state index in [1.807, 2.05) is 11.3 Å². The second-order valence-corrected chi connectivity index (χ2v) is 7.18. The maximum atomic E-state index is 6.26. The molecule has 2 N–H and O–H groups in total. The topological polar surface area (TPSA) is 29.3 Å². The number of hydrogen-bond acceptors (Lipinski definition) is 4. The molecular weight excluding hydrogens is 272 g/mol. The van der Waals surface area contributed by atoms with Crippen LogP contribution in [-0.4, -0.2) is 17.0 Å². The number of nitrogens with zero attached hydrogens (tertiary/aromatic N) is 1. The minimum Gasteiger partial charge on any atom is -0.326 e. The Morgan fingerprint density at radius 3 is 2.26 bits per heavy atom. The molecule has 104 valence electrons. The molecule has 2 heterocycles. The predicted octanol–water partition coefficient (Wildman–Crippen LogP) is 4.11. The van der Waals surface area contributed by atoms with Gasteiger partial charge in [0.05, 0.1) is 6.04 Å². The van der Waals surface area contributed by atoms with Gasteiger partial charge in [-0.2, -0.15) is 0 Å². The molecule has 2 rings (SSSR count). The molecule has 0 radical (unpaired) electrons. The molecule has 2 aromatic rings. The third-order valence-corrected chi connectivity index (χ3v) is 5.08. The summed E-state index contributed by atoms with van der Waals surface area (Å²) in [5, 5.41) is 4.27. The molecule has 2 atom stereocenters. The van der Waals surface area contributed by atoms with Crippen LogP contribution in [0.15, 0.2) is 35.0 Å². The van der Waals surface area contributed by atoms with Crippen molar-refractivity contribution in [3.8, 4) is 0 Å². The monoisotopic (exact) mass is 294 g/mol. The predicted molar refractivity (Wildman–Crippen MR) is 85.7 cm³/mol. The van der Waals surface area contributed by atoms with Crippen molar-refractivity contribution >= 4 is 22.7 Å². The highest BCUT2D eigenvalue weighted by molar-refractivity contribution is 7.10. The Morgan fingerprint density at radius 1 is 1.11 bits per heavy atom. The molecule has 0 aliphatic carbocycles. The van der Waals surface area contributed by atoms with Gasteiger partial charge in [-0.05, 0) is 43.7 Å². The summed E-state index contributed by atoms with van der Waals surface area (Å²) in [5.41, 5.74) is 6.26. The van der Waals surface area contributed by atoms with Crippen LogP contribution >= 0.6 is 22.7 Å². The smallest absolute Gasteiger partial charge is 0.0596 e. The summed E-state index contributed by atoms with van der Waals surface area (Å²) in [4.78, 5) is 5.26. The molecule has 0 spiro atoms. The largest absolute Gasteiger partial charge is 0.326 e. The van der Waals surface area contributed by atoms with Crippen LogP contribution in [0.2, 0.25) is 0 Å². The van der Waals surface area contributed by atoms with E-state index >= 15 is 0 Å². The maximum Gasteiger partial charge on any atom is 0.0596 e. The van der Waals surface area contributed by atoms with Crippen LogP contribution in [0.5, 0.6) is 0 Å². The molecular formula is C15H22N2S2. The molecule has 4 heteroatoms. The van der Waals surface area contributed by atoms with Gasteiger partial charge in [0.25, 0.3) is 0 Å².